The number of hydrogen-bond donors (Lipinski definition) is 0. The maximum atomic E-state index is 12.2. The number of nitrogens with zero attached hydrogens (tertiary/aromatic N) is 2. The van der Waals surface area contributed by atoms with Crippen molar-refractivity contribution in [3.05, 3.63) is 35.4 Å². The predicted octanol–water partition coefficient (Wildman–Crippen LogP) is 2.43. The molecule has 0 N–H and O–H groups in total. The van der Waals surface area contributed by atoms with Gasteiger partial charge in [0.2, 0.25) is 0 Å². The summed E-state index contributed by atoms with van der Waals surface area (Å²) in [5, 5.41) is 8.81. The molecule has 1 unspecified atom stereocenters. The molecule has 3 nitrogen and oxygen atoms in total. The number of rotatable bonds is 2. The van der Waals surface area contributed by atoms with E-state index in [1.807, 2.05) is 4.90 Å². The molecular weight excluding hydrogens is 212 g/mol. The van der Waals surface area contributed by atoms with Gasteiger partial charge >= 0.3 is 0 Å². The lowest BCUT2D eigenvalue weighted by molar-refractivity contribution is 0.0787. The Balaban J connectivity index is 2.12. The van der Waals surface area contributed by atoms with Gasteiger partial charge in [-0.3, -0.25) is 4.79 Å². The summed E-state index contributed by atoms with van der Waals surface area (Å²) in [6.45, 7) is 3.86. The minimum absolute atomic E-state index is 0.0538. The van der Waals surface area contributed by atoms with Gasteiger partial charge in [0.1, 0.15) is 0 Å². The van der Waals surface area contributed by atoms with Crippen LogP contribution in [0.1, 0.15) is 35.7 Å². The molecular formula is C14H16N2O. The van der Waals surface area contributed by atoms with Crippen LogP contribution >= 0.6 is 0 Å². The SMILES string of the molecule is CCC1CCN(C(=O)c2cccc(C#N)c2)C1. The number of amides is 1. The van der Waals surface area contributed by atoms with E-state index in [1.165, 1.54) is 0 Å². The third-order valence-corrected chi connectivity index (χ3v) is 3.39. The summed E-state index contributed by atoms with van der Waals surface area (Å²) in [5.41, 5.74) is 1.17. The zero-order chi connectivity index (χ0) is 12.3. The highest BCUT2D eigenvalue weighted by atomic mass is 16.2. The quantitative estimate of drug-likeness (QED) is 0.780. The highest BCUT2D eigenvalue weighted by molar-refractivity contribution is 5.94. The molecule has 0 aromatic heterocycles. The van der Waals surface area contributed by atoms with Gasteiger partial charge in [-0.05, 0) is 30.5 Å². The third-order valence-electron chi connectivity index (χ3n) is 3.39. The second kappa shape index (κ2) is 5.01. The highest BCUT2D eigenvalue weighted by Gasteiger charge is 2.25. The van der Waals surface area contributed by atoms with Crippen LogP contribution in [-0.2, 0) is 0 Å². The molecule has 1 amide bonds. The van der Waals surface area contributed by atoms with Gasteiger partial charge in [-0.25, -0.2) is 0 Å². The van der Waals surface area contributed by atoms with E-state index in [1.54, 1.807) is 24.3 Å². The molecule has 0 spiro atoms. The minimum atomic E-state index is 0.0538. The van der Waals surface area contributed by atoms with E-state index in [-0.39, 0.29) is 5.91 Å². The maximum Gasteiger partial charge on any atom is 0.253 e. The zero-order valence-corrected chi connectivity index (χ0v) is 10.0. The van der Waals surface area contributed by atoms with Gasteiger partial charge in [0.15, 0.2) is 0 Å². The van der Waals surface area contributed by atoms with Crippen LogP contribution in [0, 0.1) is 17.2 Å². The van der Waals surface area contributed by atoms with Crippen molar-refractivity contribution in [3.63, 3.8) is 0 Å². The highest BCUT2D eigenvalue weighted by Crippen LogP contribution is 2.21. The molecule has 1 fully saturated rings. The molecule has 17 heavy (non-hydrogen) atoms. The monoisotopic (exact) mass is 228 g/mol. The largest absolute Gasteiger partial charge is 0.338 e. The summed E-state index contributed by atoms with van der Waals surface area (Å²) in [7, 11) is 0. The molecule has 2 rings (SSSR count). The molecule has 1 aliphatic heterocycles. The Labute approximate surface area is 102 Å². The van der Waals surface area contributed by atoms with Crippen LogP contribution in [0.3, 0.4) is 0 Å². The van der Waals surface area contributed by atoms with Crippen LogP contribution in [0.4, 0.5) is 0 Å². The first-order chi connectivity index (χ1) is 8.24. The number of carbonyl (C=O) groups is 1. The fourth-order valence-corrected chi connectivity index (χ4v) is 2.25. The van der Waals surface area contributed by atoms with Crippen molar-refractivity contribution < 1.29 is 4.79 Å². The van der Waals surface area contributed by atoms with Crippen molar-refractivity contribution in [3.8, 4) is 6.07 Å². The molecule has 0 bridgehead atoms. The minimum Gasteiger partial charge on any atom is -0.338 e. The van der Waals surface area contributed by atoms with Crippen molar-refractivity contribution >= 4 is 5.91 Å². The first kappa shape index (κ1) is 11.7. The Morgan fingerprint density at radius 3 is 3.06 bits per heavy atom. The lowest BCUT2D eigenvalue weighted by Crippen LogP contribution is -2.28. The molecule has 1 atom stereocenters. The van der Waals surface area contributed by atoms with Gasteiger partial charge in [-0.15, -0.1) is 0 Å². The van der Waals surface area contributed by atoms with Gasteiger partial charge in [-0.2, -0.15) is 5.26 Å². The summed E-state index contributed by atoms with van der Waals surface area (Å²) in [4.78, 5) is 14.1. The van der Waals surface area contributed by atoms with E-state index >= 15 is 0 Å². The molecule has 1 aromatic rings. The third kappa shape index (κ3) is 2.47. The molecule has 0 saturated carbocycles. The lowest BCUT2D eigenvalue weighted by Gasteiger charge is -2.16. The fraction of sp³-hybridized carbons (Fsp3) is 0.429. The van der Waals surface area contributed by atoms with Crippen molar-refractivity contribution in [1.29, 1.82) is 5.26 Å². The molecule has 0 aliphatic carbocycles. The molecule has 1 heterocycles. The van der Waals surface area contributed by atoms with E-state index in [4.69, 9.17) is 5.26 Å². The second-order valence-electron chi connectivity index (χ2n) is 4.51. The number of likely N-dealkylation sites (tertiary alicyclic amines) is 1. The summed E-state index contributed by atoms with van der Waals surface area (Å²) < 4.78 is 0. The van der Waals surface area contributed by atoms with Crippen molar-refractivity contribution in [2.75, 3.05) is 13.1 Å². The van der Waals surface area contributed by atoms with Crippen LogP contribution in [0.2, 0.25) is 0 Å². The number of carbonyl (C=O) groups excluding carboxylic acids is 1. The van der Waals surface area contributed by atoms with Crippen LogP contribution < -0.4 is 0 Å². The summed E-state index contributed by atoms with van der Waals surface area (Å²) in [5.74, 6) is 0.691. The maximum absolute atomic E-state index is 12.2. The normalized spacial score (nSPS) is 19.1. The Kier molecular flexibility index (Phi) is 3.43. The average molecular weight is 228 g/mol. The summed E-state index contributed by atoms with van der Waals surface area (Å²) in [6.07, 6.45) is 2.22. The molecule has 0 radical (unpaired) electrons. The number of nitriles is 1. The Bertz CT molecular complexity index is 462. The fourth-order valence-electron chi connectivity index (χ4n) is 2.25. The molecule has 88 valence electrons. The van der Waals surface area contributed by atoms with Crippen molar-refractivity contribution in [2.24, 2.45) is 5.92 Å². The van der Waals surface area contributed by atoms with Gasteiger partial charge in [0, 0.05) is 18.7 Å². The average Bonchev–Trinajstić information content (AvgIpc) is 2.86. The van der Waals surface area contributed by atoms with Crippen LogP contribution in [0.25, 0.3) is 0 Å². The van der Waals surface area contributed by atoms with Gasteiger partial charge in [0.25, 0.3) is 5.91 Å². The molecule has 1 aliphatic rings. The first-order valence-electron chi connectivity index (χ1n) is 6.04. The van der Waals surface area contributed by atoms with E-state index in [0.717, 1.165) is 25.9 Å². The lowest BCUT2D eigenvalue weighted by atomic mass is 10.1. The van der Waals surface area contributed by atoms with Crippen LogP contribution in [0.5, 0.6) is 0 Å². The first-order valence-corrected chi connectivity index (χ1v) is 6.04. The van der Waals surface area contributed by atoms with Crippen LogP contribution in [-0.4, -0.2) is 23.9 Å². The van der Waals surface area contributed by atoms with E-state index < -0.39 is 0 Å². The van der Waals surface area contributed by atoms with E-state index in [0.29, 0.717) is 17.0 Å². The standard InChI is InChI=1S/C14H16N2O/c1-2-11-6-7-16(10-11)14(17)13-5-3-4-12(8-13)9-15/h3-5,8,11H,2,6-7,10H2,1H3. The van der Waals surface area contributed by atoms with Gasteiger partial charge in [-0.1, -0.05) is 19.4 Å². The molecule has 1 saturated heterocycles. The van der Waals surface area contributed by atoms with Crippen LogP contribution in [0.15, 0.2) is 24.3 Å². The topological polar surface area (TPSA) is 44.1 Å². The van der Waals surface area contributed by atoms with Crippen molar-refractivity contribution in [2.45, 2.75) is 19.8 Å². The van der Waals surface area contributed by atoms with Gasteiger partial charge < -0.3 is 4.90 Å². The van der Waals surface area contributed by atoms with Crippen molar-refractivity contribution in [1.82, 2.24) is 4.90 Å². The smallest absolute Gasteiger partial charge is 0.253 e. The summed E-state index contributed by atoms with van der Waals surface area (Å²) in [6, 6.07) is 8.99. The van der Waals surface area contributed by atoms with Gasteiger partial charge in [0.05, 0.1) is 11.6 Å². The summed E-state index contributed by atoms with van der Waals surface area (Å²) >= 11 is 0. The molecule has 3 heteroatoms. The number of hydrogen-bond acceptors (Lipinski definition) is 2. The number of benzene rings is 1. The zero-order valence-electron chi connectivity index (χ0n) is 10.0. The molecule has 1 aromatic carbocycles. The van der Waals surface area contributed by atoms with E-state index in [9.17, 15) is 4.79 Å². The predicted molar refractivity (Wildman–Crippen MR) is 65.5 cm³/mol. The Morgan fingerprint density at radius 2 is 2.41 bits per heavy atom. The van der Waals surface area contributed by atoms with E-state index in [2.05, 4.69) is 13.0 Å². The Hall–Kier alpha value is -1.82. The Morgan fingerprint density at radius 1 is 1.59 bits per heavy atom. The second-order valence-corrected chi connectivity index (χ2v) is 4.51.